The summed E-state index contributed by atoms with van der Waals surface area (Å²) < 4.78 is 15.5. The minimum atomic E-state index is -0.215. The van der Waals surface area contributed by atoms with Gasteiger partial charge in [-0.15, -0.1) is 0 Å². The maximum Gasteiger partial charge on any atom is 0.223 e. The predicted octanol–water partition coefficient (Wildman–Crippen LogP) is 4.46. The van der Waals surface area contributed by atoms with Crippen LogP contribution in [-0.2, 0) is 17.8 Å². The van der Waals surface area contributed by atoms with Crippen molar-refractivity contribution < 1.29 is 9.18 Å². The van der Waals surface area contributed by atoms with Crippen LogP contribution >= 0.6 is 0 Å². The quantitative estimate of drug-likeness (QED) is 0.558. The number of amides is 1. The van der Waals surface area contributed by atoms with Crippen LogP contribution < -0.4 is 5.32 Å². The van der Waals surface area contributed by atoms with Crippen molar-refractivity contribution in [3.05, 3.63) is 65.7 Å². The van der Waals surface area contributed by atoms with Crippen molar-refractivity contribution in [3.8, 4) is 0 Å². The van der Waals surface area contributed by atoms with Gasteiger partial charge in [0.15, 0.2) is 0 Å². The lowest BCUT2D eigenvalue weighted by molar-refractivity contribution is -0.122. The molecular formula is C23H26FN3O. The van der Waals surface area contributed by atoms with Crippen molar-refractivity contribution in [1.82, 2.24) is 14.9 Å². The highest BCUT2D eigenvalue weighted by Crippen LogP contribution is 2.28. The number of unbranched alkanes of at least 4 members (excludes halogenated alkanes) is 2. The summed E-state index contributed by atoms with van der Waals surface area (Å²) in [5.41, 5.74) is 3.17. The number of rotatable bonds is 9. The molecule has 3 aromatic rings. The Hall–Kier alpha value is -2.69. The van der Waals surface area contributed by atoms with E-state index in [-0.39, 0.29) is 17.6 Å². The molecule has 0 radical (unpaired) electrons. The predicted molar refractivity (Wildman–Crippen MR) is 109 cm³/mol. The average molecular weight is 379 g/mol. The molecule has 0 aliphatic heterocycles. The molecule has 1 N–H and O–H groups in total. The fourth-order valence-corrected chi connectivity index (χ4v) is 3.55. The number of hydrogen-bond donors (Lipinski definition) is 1. The van der Waals surface area contributed by atoms with Crippen LogP contribution in [0.4, 0.5) is 4.39 Å². The Morgan fingerprint density at radius 2 is 1.86 bits per heavy atom. The molecule has 4 nitrogen and oxygen atoms in total. The molecule has 0 unspecified atom stereocenters. The summed E-state index contributed by atoms with van der Waals surface area (Å²) in [6.45, 7) is 1.45. The zero-order valence-electron chi connectivity index (χ0n) is 16.0. The summed E-state index contributed by atoms with van der Waals surface area (Å²) >= 11 is 0. The maximum atomic E-state index is 13.2. The van der Waals surface area contributed by atoms with Gasteiger partial charge in [0.25, 0.3) is 0 Å². The van der Waals surface area contributed by atoms with E-state index in [9.17, 15) is 9.18 Å². The molecule has 1 aromatic heterocycles. The number of benzene rings is 2. The summed E-state index contributed by atoms with van der Waals surface area (Å²) in [6.07, 6.45) is 6.09. The van der Waals surface area contributed by atoms with Crippen LogP contribution in [-0.4, -0.2) is 22.0 Å². The van der Waals surface area contributed by atoms with E-state index >= 15 is 0 Å². The Labute approximate surface area is 164 Å². The minimum Gasteiger partial charge on any atom is -0.356 e. The molecule has 4 rings (SSSR count). The van der Waals surface area contributed by atoms with Gasteiger partial charge in [-0.05, 0) is 55.5 Å². The molecule has 1 amide bonds. The third-order valence-corrected chi connectivity index (χ3v) is 5.31. The van der Waals surface area contributed by atoms with Gasteiger partial charge in [-0.25, -0.2) is 9.37 Å². The van der Waals surface area contributed by atoms with Crippen LogP contribution in [0, 0.1) is 11.7 Å². The number of para-hydroxylation sites is 2. The number of imidazole rings is 1. The lowest BCUT2D eigenvalue weighted by atomic mass is 10.1. The van der Waals surface area contributed by atoms with Crippen LogP contribution in [0.15, 0.2) is 48.5 Å². The molecule has 1 saturated carbocycles. The minimum absolute atomic E-state index is 0.215. The lowest BCUT2D eigenvalue weighted by Crippen LogP contribution is -2.25. The van der Waals surface area contributed by atoms with Gasteiger partial charge in [0.1, 0.15) is 11.6 Å². The average Bonchev–Trinajstić information content (AvgIpc) is 3.50. The van der Waals surface area contributed by atoms with Crippen LogP contribution in [0.3, 0.4) is 0 Å². The first-order valence-corrected chi connectivity index (χ1v) is 10.2. The number of carbonyl (C=O) groups is 1. The highest BCUT2D eigenvalue weighted by atomic mass is 19.1. The van der Waals surface area contributed by atoms with Gasteiger partial charge in [0.05, 0.1) is 11.0 Å². The summed E-state index contributed by atoms with van der Waals surface area (Å²) in [5, 5.41) is 3.02. The Morgan fingerprint density at radius 1 is 1.07 bits per heavy atom. The largest absolute Gasteiger partial charge is 0.356 e. The van der Waals surface area contributed by atoms with E-state index in [1.165, 1.54) is 12.1 Å². The number of nitrogens with one attached hydrogen (secondary N) is 1. The first kappa shape index (κ1) is 18.7. The molecule has 146 valence electrons. The molecule has 1 fully saturated rings. The van der Waals surface area contributed by atoms with E-state index in [1.54, 1.807) is 0 Å². The van der Waals surface area contributed by atoms with E-state index in [0.29, 0.717) is 6.54 Å². The zero-order valence-corrected chi connectivity index (χ0v) is 16.0. The van der Waals surface area contributed by atoms with E-state index in [0.717, 1.165) is 67.5 Å². The van der Waals surface area contributed by atoms with Gasteiger partial charge >= 0.3 is 0 Å². The number of aryl methyl sites for hydroxylation is 1. The fourth-order valence-electron chi connectivity index (χ4n) is 3.55. The maximum absolute atomic E-state index is 13.2. The molecule has 0 spiro atoms. The van der Waals surface area contributed by atoms with E-state index < -0.39 is 0 Å². The molecule has 2 aromatic carbocycles. The monoisotopic (exact) mass is 379 g/mol. The Morgan fingerprint density at radius 3 is 2.64 bits per heavy atom. The molecule has 0 atom stereocenters. The Kier molecular flexibility index (Phi) is 5.70. The molecule has 0 saturated heterocycles. The first-order chi connectivity index (χ1) is 13.7. The number of aromatic nitrogens is 2. The van der Waals surface area contributed by atoms with Gasteiger partial charge in [-0.1, -0.05) is 30.7 Å². The number of nitrogens with zero attached hydrogens (tertiary/aromatic N) is 2. The standard InChI is InChI=1S/C23H26FN3O/c24-19-13-9-17(10-14-19)16-27-21-7-4-3-6-20(21)26-22(27)8-2-1-5-15-25-23(28)18-11-12-18/h3-4,6-7,9-10,13-14,18H,1-2,5,8,11-12,15-16H2,(H,25,28). The van der Waals surface area contributed by atoms with Crippen molar-refractivity contribution in [3.63, 3.8) is 0 Å². The van der Waals surface area contributed by atoms with Crippen LogP contribution in [0.2, 0.25) is 0 Å². The second kappa shape index (κ2) is 8.55. The van der Waals surface area contributed by atoms with E-state index in [2.05, 4.69) is 16.0 Å². The third kappa shape index (κ3) is 4.58. The lowest BCUT2D eigenvalue weighted by Gasteiger charge is -2.10. The van der Waals surface area contributed by atoms with E-state index in [1.807, 2.05) is 30.3 Å². The zero-order chi connectivity index (χ0) is 19.3. The Bertz CT molecular complexity index is 944. The summed E-state index contributed by atoms with van der Waals surface area (Å²) in [4.78, 5) is 16.5. The van der Waals surface area contributed by atoms with Crippen molar-refractivity contribution in [1.29, 1.82) is 0 Å². The smallest absolute Gasteiger partial charge is 0.223 e. The SMILES string of the molecule is O=C(NCCCCCc1nc2ccccc2n1Cc1ccc(F)cc1)C1CC1. The van der Waals surface area contributed by atoms with Gasteiger partial charge in [0, 0.05) is 25.4 Å². The second-order valence-electron chi connectivity index (χ2n) is 7.61. The normalized spacial score (nSPS) is 13.8. The number of fused-ring (bicyclic) bond motifs is 1. The van der Waals surface area contributed by atoms with Crippen LogP contribution in [0.1, 0.15) is 43.5 Å². The molecule has 1 heterocycles. The van der Waals surface area contributed by atoms with Gasteiger partial charge in [0.2, 0.25) is 5.91 Å². The highest BCUT2D eigenvalue weighted by molar-refractivity contribution is 5.80. The molecule has 1 aliphatic rings. The molecule has 5 heteroatoms. The topological polar surface area (TPSA) is 46.9 Å². The molecule has 1 aliphatic carbocycles. The first-order valence-electron chi connectivity index (χ1n) is 10.2. The molecule has 28 heavy (non-hydrogen) atoms. The molecule has 0 bridgehead atoms. The summed E-state index contributed by atoms with van der Waals surface area (Å²) in [5.74, 6) is 1.35. The van der Waals surface area contributed by atoms with Crippen molar-refractivity contribution in [2.24, 2.45) is 5.92 Å². The van der Waals surface area contributed by atoms with Crippen molar-refractivity contribution in [2.75, 3.05) is 6.54 Å². The third-order valence-electron chi connectivity index (χ3n) is 5.31. The number of halogens is 1. The van der Waals surface area contributed by atoms with Gasteiger partial charge < -0.3 is 9.88 Å². The summed E-state index contributed by atoms with van der Waals surface area (Å²) in [7, 11) is 0. The Balaban J connectivity index is 1.37. The second-order valence-corrected chi connectivity index (χ2v) is 7.61. The van der Waals surface area contributed by atoms with Crippen LogP contribution in [0.25, 0.3) is 11.0 Å². The van der Waals surface area contributed by atoms with Crippen molar-refractivity contribution in [2.45, 2.75) is 45.1 Å². The highest BCUT2D eigenvalue weighted by Gasteiger charge is 2.28. The van der Waals surface area contributed by atoms with E-state index in [4.69, 9.17) is 4.98 Å². The van der Waals surface area contributed by atoms with Gasteiger partial charge in [-0.3, -0.25) is 4.79 Å². The van der Waals surface area contributed by atoms with Crippen LogP contribution in [0.5, 0.6) is 0 Å². The molecular weight excluding hydrogens is 353 g/mol. The summed E-state index contributed by atoms with van der Waals surface area (Å²) in [6, 6.07) is 14.8. The fraction of sp³-hybridized carbons (Fsp3) is 0.391. The van der Waals surface area contributed by atoms with Gasteiger partial charge in [-0.2, -0.15) is 0 Å². The number of carbonyl (C=O) groups excluding carboxylic acids is 1. The number of hydrogen-bond acceptors (Lipinski definition) is 2. The van der Waals surface area contributed by atoms with Crippen molar-refractivity contribution >= 4 is 16.9 Å².